The van der Waals surface area contributed by atoms with Crippen LogP contribution in [-0.4, -0.2) is 20.4 Å². The van der Waals surface area contributed by atoms with Crippen molar-refractivity contribution in [1.29, 1.82) is 0 Å². The van der Waals surface area contributed by atoms with Crippen LogP contribution in [0.4, 0.5) is 4.39 Å². The third-order valence-electron chi connectivity index (χ3n) is 3.60. The van der Waals surface area contributed by atoms with Crippen molar-refractivity contribution < 1.29 is 4.39 Å². The highest BCUT2D eigenvalue weighted by Gasteiger charge is 2.14. The maximum absolute atomic E-state index is 13.9. The van der Waals surface area contributed by atoms with Gasteiger partial charge in [-0.3, -0.25) is 4.98 Å². The molecule has 0 bridgehead atoms. The van der Waals surface area contributed by atoms with E-state index >= 15 is 0 Å². The summed E-state index contributed by atoms with van der Waals surface area (Å²) in [5.74, 6) is 0.954. The number of rotatable bonds is 4. The van der Waals surface area contributed by atoms with Crippen molar-refractivity contribution in [2.45, 2.75) is 19.9 Å². The number of hydrogen-bond donors (Lipinski definition) is 0. The zero-order valence-electron chi connectivity index (χ0n) is 11.7. The number of halogens is 2. The van der Waals surface area contributed by atoms with E-state index in [0.29, 0.717) is 24.4 Å². The van der Waals surface area contributed by atoms with E-state index in [2.05, 4.69) is 9.97 Å². The molecular formula is C16H15ClFN3. The molecular weight excluding hydrogens is 289 g/mol. The molecule has 0 N–H and O–H groups in total. The van der Waals surface area contributed by atoms with Crippen molar-refractivity contribution >= 4 is 22.6 Å². The van der Waals surface area contributed by atoms with Gasteiger partial charge in [0.25, 0.3) is 0 Å². The van der Waals surface area contributed by atoms with E-state index in [1.165, 1.54) is 6.07 Å². The van der Waals surface area contributed by atoms with Gasteiger partial charge in [-0.15, -0.1) is 11.6 Å². The summed E-state index contributed by atoms with van der Waals surface area (Å²) in [6.07, 6.45) is 4.21. The zero-order valence-corrected chi connectivity index (χ0v) is 12.4. The second kappa shape index (κ2) is 5.82. The van der Waals surface area contributed by atoms with Crippen LogP contribution in [-0.2, 0) is 13.0 Å². The Balaban J connectivity index is 2.13. The topological polar surface area (TPSA) is 30.7 Å². The smallest absolute Gasteiger partial charge is 0.151 e. The molecule has 0 saturated heterocycles. The number of aryl methyl sites for hydroxylation is 2. The number of benzene rings is 1. The number of para-hydroxylation sites is 1. The van der Waals surface area contributed by atoms with Gasteiger partial charge in [0, 0.05) is 24.7 Å². The summed E-state index contributed by atoms with van der Waals surface area (Å²) in [6, 6.07) is 6.99. The van der Waals surface area contributed by atoms with E-state index < -0.39 is 0 Å². The van der Waals surface area contributed by atoms with Gasteiger partial charge in [-0.2, -0.15) is 0 Å². The largest absolute Gasteiger partial charge is 0.323 e. The Morgan fingerprint density at radius 2 is 2.14 bits per heavy atom. The highest BCUT2D eigenvalue weighted by atomic mass is 35.5. The third-order valence-corrected chi connectivity index (χ3v) is 3.79. The number of alkyl halides is 1. The summed E-state index contributed by atoms with van der Waals surface area (Å²) in [7, 11) is 0. The molecule has 0 fully saturated rings. The number of pyridine rings is 1. The maximum Gasteiger partial charge on any atom is 0.151 e. The lowest BCUT2D eigenvalue weighted by Crippen LogP contribution is -2.07. The van der Waals surface area contributed by atoms with Crippen LogP contribution in [0, 0.1) is 12.7 Å². The number of imidazole rings is 1. The van der Waals surface area contributed by atoms with Crippen LogP contribution in [0.15, 0.2) is 36.7 Å². The molecule has 1 aromatic carbocycles. The second-order valence-electron chi connectivity index (χ2n) is 4.96. The normalized spacial score (nSPS) is 11.2. The Hall–Kier alpha value is -1.94. The van der Waals surface area contributed by atoms with Crippen LogP contribution in [0.2, 0.25) is 0 Å². The fourth-order valence-electron chi connectivity index (χ4n) is 2.45. The van der Waals surface area contributed by atoms with Crippen LogP contribution in [0.1, 0.15) is 17.0 Å². The molecule has 2 heterocycles. The monoisotopic (exact) mass is 303 g/mol. The van der Waals surface area contributed by atoms with Crippen LogP contribution in [0.3, 0.4) is 0 Å². The molecule has 0 aliphatic heterocycles. The van der Waals surface area contributed by atoms with Gasteiger partial charge in [0.15, 0.2) is 5.82 Å². The Labute approximate surface area is 127 Å². The van der Waals surface area contributed by atoms with Crippen LogP contribution in [0.5, 0.6) is 0 Å². The molecule has 5 heteroatoms. The van der Waals surface area contributed by atoms with Crippen molar-refractivity contribution in [1.82, 2.24) is 14.5 Å². The van der Waals surface area contributed by atoms with Crippen molar-refractivity contribution in [3.8, 4) is 0 Å². The van der Waals surface area contributed by atoms with Crippen molar-refractivity contribution in [3.05, 3.63) is 59.4 Å². The zero-order chi connectivity index (χ0) is 14.8. The molecule has 2 aromatic heterocycles. The van der Waals surface area contributed by atoms with E-state index in [1.54, 1.807) is 12.3 Å². The van der Waals surface area contributed by atoms with Crippen LogP contribution >= 0.6 is 11.6 Å². The molecule has 3 aromatic rings. The van der Waals surface area contributed by atoms with Gasteiger partial charge in [0.05, 0.1) is 12.1 Å². The molecule has 0 aliphatic rings. The minimum absolute atomic E-state index is 0.301. The molecule has 3 nitrogen and oxygen atoms in total. The number of fused-ring (bicyclic) bond motifs is 1. The number of aromatic nitrogens is 3. The number of hydrogen-bond acceptors (Lipinski definition) is 2. The summed E-state index contributed by atoms with van der Waals surface area (Å²) >= 11 is 5.85. The molecule has 0 atom stereocenters. The van der Waals surface area contributed by atoms with E-state index in [-0.39, 0.29) is 5.82 Å². The van der Waals surface area contributed by atoms with Gasteiger partial charge >= 0.3 is 0 Å². The van der Waals surface area contributed by atoms with Gasteiger partial charge in [-0.25, -0.2) is 9.37 Å². The maximum atomic E-state index is 13.9. The molecule has 0 amide bonds. The molecule has 3 rings (SSSR count). The summed E-state index contributed by atoms with van der Waals surface area (Å²) < 4.78 is 15.9. The first-order valence-corrected chi connectivity index (χ1v) is 7.33. The van der Waals surface area contributed by atoms with Gasteiger partial charge < -0.3 is 4.57 Å². The molecule has 0 aliphatic carbocycles. The van der Waals surface area contributed by atoms with Gasteiger partial charge in [-0.05, 0) is 36.2 Å². The highest BCUT2D eigenvalue weighted by molar-refractivity contribution is 6.17. The quantitative estimate of drug-likeness (QED) is 0.688. The van der Waals surface area contributed by atoms with E-state index in [4.69, 9.17) is 11.6 Å². The summed E-state index contributed by atoms with van der Waals surface area (Å²) in [5, 5.41) is 0. The predicted molar refractivity (Wildman–Crippen MR) is 82.2 cm³/mol. The average molecular weight is 304 g/mol. The highest BCUT2D eigenvalue weighted by Crippen LogP contribution is 2.21. The Morgan fingerprint density at radius 1 is 1.29 bits per heavy atom. The SMILES string of the molecule is Cc1ccncc1Cn1c(CCCl)nc2c(F)cccc21. The van der Waals surface area contributed by atoms with Gasteiger partial charge in [0.1, 0.15) is 11.3 Å². The Bertz CT molecular complexity index is 782. The van der Waals surface area contributed by atoms with Crippen molar-refractivity contribution in [2.75, 3.05) is 5.88 Å². The van der Waals surface area contributed by atoms with Crippen molar-refractivity contribution in [3.63, 3.8) is 0 Å². The van der Waals surface area contributed by atoms with E-state index in [9.17, 15) is 4.39 Å². The number of nitrogens with zero attached hydrogens (tertiary/aromatic N) is 3. The Kier molecular flexibility index (Phi) is 3.88. The fourth-order valence-corrected chi connectivity index (χ4v) is 2.61. The summed E-state index contributed by atoms with van der Waals surface area (Å²) in [5.41, 5.74) is 3.44. The van der Waals surface area contributed by atoms with Gasteiger partial charge in [0.2, 0.25) is 0 Å². The molecule has 0 radical (unpaired) electrons. The minimum atomic E-state index is -0.301. The predicted octanol–water partition coefficient (Wildman–Crippen LogP) is 3.71. The first kappa shape index (κ1) is 14.0. The first-order valence-electron chi connectivity index (χ1n) is 6.80. The van der Waals surface area contributed by atoms with Crippen molar-refractivity contribution in [2.24, 2.45) is 0 Å². The third kappa shape index (κ3) is 2.63. The second-order valence-corrected chi connectivity index (χ2v) is 5.34. The van der Waals surface area contributed by atoms with Crippen LogP contribution in [0.25, 0.3) is 11.0 Å². The molecule has 0 unspecified atom stereocenters. The first-order chi connectivity index (χ1) is 10.2. The molecule has 21 heavy (non-hydrogen) atoms. The molecule has 108 valence electrons. The molecule has 0 saturated carbocycles. The lowest BCUT2D eigenvalue weighted by molar-refractivity contribution is 0.637. The van der Waals surface area contributed by atoms with E-state index in [1.807, 2.05) is 29.8 Å². The summed E-state index contributed by atoms with van der Waals surface area (Å²) in [4.78, 5) is 8.58. The minimum Gasteiger partial charge on any atom is -0.323 e. The Morgan fingerprint density at radius 3 is 2.90 bits per heavy atom. The fraction of sp³-hybridized carbons (Fsp3) is 0.250. The lowest BCUT2D eigenvalue weighted by atomic mass is 10.1. The van der Waals surface area contributed by atoms with E-state index in [0.717, 1.165) is 22.5 Å². The van der Waals surface area contributed by atoms with Crippen LogP contribution < -0.4 is 0 Å². The standard InChI is InChI=1S/C16H15ClFN3/c1-11-6-8-19-9-12(11)10-21-14-4-2-3-13(18)16(14)20-15(21)5-7-17/h2-4,6,8-9H,5,7,10H2,1H3. The van der Waals surface area contributed by atoms with Gasteiger partial charge in [-0.1, -0.05) is 6.07 Å². The molecule has 0 spiro atoms. The lowest BCUT2D eigenvalue weighted by Gasteiger charge is -2.10. The summed E-state index contributed by atoms with van der Waals surface area (Å²) in [6.45, 7) is 2.66. The average Bonchev–Trinajstić information content (AvgIpc) is 2.82.